The van der Waals surface area contributed by atoms with Crippen LogP contribution < -0.4 is 26.6 Å². The Morgan fingerprint density at radius 3 is 2.70 bits per heavy atom. The van der Waals surface area contributed by atoms with E-state index in [1.807, 2.05) is 30.3 Å². The van der Waals surface area contributed by atoms with Crippen LogP contribution in [0.25, 0.3) is 10.4 Å². The first-order valence-corrected chi connectivity index (χ1v) is 12.9. The summed E-state index contributed by atoms with van der Waals surface area (Å²) in [6.45, 7) is 5.40. The van der Waals surface area contributed by atoms with Crippen molar-refractivity contribution in [2.24, 2.45) is 0 Å². The molecular weight excluding hydrogens is 492 g/mol. The maximum atomic E-state index is 12.9. The van der Waals surface area contributed by atoms with Gasteiger partial charge in [0.05, 0.1) is 16.3 Å². The van der Waals surface area contributed by atoms with Gasteiger partial charge in [-0.3, -0.25) is 19.3 Å². The van der Waals surface area contributed by atoms with E-state index in [1.54, 1.807) is 24.3 Å². The van der Waals surface area contributed by atoms with Gasteiger partial charge in [0.25, 0.3) is 17.7 Å². The number of aliphatic hydroxyl groups is 1. The standard InChI is InChI=1S/C26H28N6O4S/c33-23(17-4-5-19-20(15-17)31-26(36)25(35)30-19)29-18-3-1-2-16(14-18)21-6-7-22(37-21)24(34)28-10-13-32-11-8-27-9-12-32/h1-7,14-15,25,27,30,35H,8-13H2,(H,28,34)(H,29,33)(H,31,36). The molecule has 1 aromatic heterocycles. The molecule has 11 heteroatoms. The predicted octanol–water partition coefficient (Wildman–Crippen LogP) is 1.98. The number of benzene rings is 2. The zero-order valence-electron chi connectivity index (χ0n) is 20.0. The van der Waals surface area contributed by atoms with Crippen LogP contribution in [-0.4, -0.2) is 73.2 Å². The molecule has 2 aliphatic rings. The van der Waals surface area contributed by atoms with E-state index in [-0.39, 0.29) is 11.8 Å². The highest BCUT2D eigenvalue weighted by Gasteiger charge is 2.24. The molecule has 1 atom stereocenters. The number of carbonyl (C=O) groups excluding carboxylic acids is 3. The van der Waals surface area contributed by atoms with Gasteiger partial charge < -0.3 is 31.7 Å². The lowest BCUT2D eigenvalue weighted by atomic mass is 10.1. The summed E-state index contributed by atoms with van der Waals surface area (Å²) < 4.78 is 0. The average molecular weight is 521 g/mol. The van der Waals surface area contributed by atoms with Crippen LogP contribution in [0.2, 0.25) is 0 Å². The molecular formula is C26H28N6O4S. The number of carbonyl (C=O) groups is 3. The zero-order valence-corrected chi connectivity index (χ0v) is 20.9. The van der Waals surface area contributed by atoms with Crippen LogP contribution in [0.15, 0.2) is 54.6 Å². The summed E-state index contributed by atoms with van der Waals surface area (Å²) in [6.07, 6.45) is -1.32. The Morgan fingerprint density at radius 2 is 1.86 bits per heavy atom. The highest BCUT2D eigenvalue weighted by molar-refractivity contribution is 7.17. The topological polar surface area (TPSA) is 135 Å². The first-order chi connectivity index (χ1) is 18.0. The second-order valence-corrected chi connectivity index (χ2v) is 9.93. The maximum Gasteiger partial charge on any atom is 0.274 e. The van der Waals surface area contributed by atoms with E-state index < -0.39 is 12.1 Å². The number of piperazine rings is 1. The molecule has 1 unspecified atom stereocenters. The molecule has 0 aliphatic carbocycles. The van der Waals surface area contributed by atoms with Crippen molar-refractivity contribution in [3.8, 4) is 10.4 Å². The van der Waals surface area contributed by atoms with Gasteiger partial charge in [-0.05, 0) is 48.0 Å². The van der Waals surface area contributed by atoms with Crippen LogP contribution in [0.3, 0.4) is 0 Å². The van der Waals surface area contributed by atoms with Crippen molar-refractivity contribution in [3.63, 3.8) is 0 Å². The lowest BCUT2D eigenvalue weighted by Gasteiger charge is -2.26. The Morgan fingerprint density at radius 1 is 1.03 bits per heavy atom. The van der Waals surface area contributed by atoms with Crippen LogP contribution in [-0.2, 0) is 4.79 Å². The van der Waals surface area contributed by atoms with Gasteiger partial charge in [-0.2, -0.15) is 0 Å². The highest BCUT2D eigenvalue weighted by atomic mass is 32.1. The number of nitrogens with one attached hydrogen (secondary N) is 5. The number of fused-ring (bicyclic) bond motifs is 1. The van der Waals surface area contributed by atoms with Gasteiger partial charge in [-0.15, -0.1) is 11.3 Å². The summed E-state index contributed by atoms with van der Waals surface area (Å²) in [5, 5.41) is 24.0. The minimum absolute atomic E-state index is 0.0858. The minimum Gasteiger partial charge on any atom is -0.366 e. The molecule has 1 saturated heterocycles. The van der Waals surface area contributed by atoms with E-state index in [0.29, 0.717) is 34.0 Å². The van der Waals surface area contributed by atoms with Crippen LogP contribution in [0.5, 0.6) is 0 Å². The number of rotatable bonds is 7. The molecule has 0 bridgehead atoms. The molecule has 3 amide bonds. The smallest absolute Gasteiger partial charge is 0.274 e. The van der Waals surface area contributed by atoms with E-state index in [9.17, 15) is 19.5 Å². The fourth-order valence-electron chi connectivity index (χ4n) is 4.25. The lowest BCUT2D eigenvalue weighted by Crippen LogP contribution is -2.46. The van der Waals surface area contributed by atoms with Crippen LogP contribution in [0.1, 0.15) is 20.0 Å². The third kappa shape index (κ3) is 5.97. The summed E-state index contributed by atoms with van der Waals surface area (Å²) in [6, 6.07) is 15.9. The Hall–Kier alpha value is -3.77. The number of anilines is 3. The summed E-state index contributed by atoms with van der Waals surface area (Å²) in [5.74, 6) is -1.00. The molecule has 3 aromatic rings. The molecule has 5 rings (SSSR count). The van der Waals surface area contributed by atoms with Gasteiger partial charge in [0, 0.05) is 55.4 Å². The van der Waals surface area contributed by atoms with Crippen LogP contribution >= 0.6 is 11.3 Å². The fourth-order valence-corrected chi connectivity index (χ4v) is 5.17. The van der Waals surface area contributed by atoms with E-state index in [4.69, 9.17) is 0 Å². The van der Waals surface area contributed by atoms with Crippen molar-refractivity contribution >= 4 is 46.1 Å². The second kappa shape index (κ2) is 11.1. The molecule has 10 nitrogen and oxygen atoms in total. The van der Waals surface area contributed by atoms with Crippen molar-refractivity contribution < 1.29 is 19.5 Å². The van der Waals surface area contributed by atoms with Crippen molar-refractivity contribution in [2.75, 3.05) is 55.2 Å². The second-order valence-electron chi connectivity index (χ2n) is 8.84. The molecule has 0 spiro atoms. The highest BCUT2D eigenvalue weighted by Crippen LogP contribution is 2.31. The number of nitrogens with zero attached hydrogens (tertiary/aromatic N) is 1. The van der Waals surface area contributed by atoms with Gasteiger partial charge in [-0.25, -0.2) is 0 Å². The molecule has 192 valence electrons. The molecule has 37 heavy (non-hydrogen) atoms. The SMILES string of the molecule is O=C(Nc1cccc(-c2ccc(C(=O)NCCN3CCNCC3)s2)c1)c1ccc2c(c1)NC(=O)C(O)N2. The molecule has 6 N–H and O–H groups in total. The number of hydrogen-bond donors (Lipinski definition) is 6. The normalized spacial score (nSPS) is 17.3. The first kappa shape index (κ1) is 24.9. The summed E-state index contributed by atoms with van der Waals surface area (Å²) in [7, 11) is 0. The summed E-state index contributed by atoms with van der Waals surface area (Å²) in [5.41, 5.74) is 2.81. The quantitative estimate of drug-likeness (QED) is 0.281. The molecule has 2 aliphatic heterocycles. The Balaban J connectivity index is 1.20. The zero-order chi connectivity index (χ0) is 25.8. The molecule has 0 saturated carbocycles. The van der Waals surface area contributed by atoms with E-state index in [1.165, 1.54) is 11.3 Å². The third-order valence-electron chi connectivity index (χ3n) is 6.24. The third-order valence-corrected chi connectivity index (χ3v) is 7.37. The van der Waals surface area contributed by atoms with Gasteiger partial charge in [0.15, 0.2) is 0 Å². The van der Waals surface area contributed by atoms with Gasteiger partial charge in [0.1, 0.15) is 0 Å². The Bertz CT molecular complexity index is 1320. The number of thiophene rings is 1. The van der Waals surface area contributed by atoms with E-state index in [2.05, 4.69) is 31.5 Å². The molecule has 0 radical (unpaired) electrons. The van der Waals surface area contributed by atoms with Crippen molar-refractivity contribution in [1.29, 1.82) is 0 Å². The monoisotopic (exact) mass is 520 g/mol. The summed E-state index contributed by atoms with van der Waals surface area (Å²) >= 11 is 1.40. The van der Waals surface area contributed by atoms with Crippen molar-refractivity contribution in [1.82, 2.24) is 15.5 Å². The number of amides is 3. The average Bonchev–Trinajstić information content (AvgIpc) is 3.41. The largest absolute Gasteiger partial charge is 0.366 e. The van der Waals surface area contributed by atoms with Crippen LogP contribution in [0, 0.1) is 0 Å². The summed E-state index contributed by atoms with van der Waals surface area (Å²) in [4.78, 5) is 41.1. The molecule has 2 aromatic carbocycles. The first-order valence-electron chi connectivity index (χ1n) is 12.1. The van der Waals surface area contributed by atoms with Gasteiger partial charge >= 0.3 is 0 Å². The van der Waals surface area contributed by atoms with Crippen molar-refractivity contribution in [2.45, 2.75) is 6.23 Å². The minimum atomic E-state index is -1.32. The van der Waals surface area contributed by atoms with Crippen molar-refractivity contribution in [3.05, 3.63) is 65.0 Å². The number of hydrogen-bond acceptors (Lipinski definition) is 8. The maximum absolute atomic E-state index is 12.9. The predicted molar refractivity (Wildman–Crippen MR) is 144 cm³/mol. The number of aliphatic hydroxyl groups excluding tert-OH is 1. The van der Waals surface area contributed by atoms with Crippen LogP contribution in [0.4, 0.5) is 17.1 Å². The van der Waals surface area contributed by atoms with E-state index >= 15 is 0 Å². The Labute approximate surface area is 218 Å². The molecule has 3 heterocycles. The molecule has 1 fully saturated rings. The Kier molecular flexibility index (Phi) is 7.47. The van der Waals surface area contributed by atoms with Gasteiger partial charge in [0.2, 0.25) is 6.23 Å². The fraction of sp³-hybridized carbons (Fsp3) is 0.269. The lowest BCUT2D eigenvalue weighted by molar-refractivity contribution is -0.122. The van der Waals surface area contributed by atoms with Gasteiger partial charge in [-0.1, -0.05) is 12.1 Å². The van der Waals surface area contributed by atoms with E-state index in [0.717, 1.165) is 43.2 Å².